The molecule has 0 spiro atoms. The highest BCUT2D eigenvalue weighted by molar-refractivity contribution is 5.92. The van der Waals surface area contributed by atoms with Crippen molar-refractivity contribution in [3.8, 4) is 18.1 Å². The highest BCUT2D eigenvalue weighted by atomic mass is 16.6. The first-order valence-electron chi connectivity index (χ1n) is 19.8. The van der Waals surface area contributed by atoms with Gasteiger partial charge in [-0.05, 0) is 97.9 Å². The quantitative estimate of drug-likeness (QED) is 0.211. The van der Waals surface area contributed by atoms with Crippen LogP contribution in [0.1, 0.15) is 79.4 Å². The molecule has 5 amide bonds. The first kappa shape index (κ1) is 47.1. The Labute approximate surface area is 344 Å². The molecule has 3 rings (SSSR count). The van der Waals surface area contributed by atoms with E-state index >= 15 is 0 Å². The number of ether oxygens (including phenoxy) is 4. The Balaban J connectivity index is 1.94. The molecule has 1 aliphatic heterocycles. The minimum atomic E-state index is -1.17. The monoisotopic (exact) mass is 805 g/mol. The van der Waals surface area contributed by atoms with Crippen LogP contribution in [0.5, 0.6) is 5.75 Å². The molecule has 0 bridgehead atoms. The van der Waals surface area contributed by atoms with E-state index in [0.29, 0.717) is 38.1 Å². The molecule has 1 heterocycles. The van der Waals surface area contributed by atoms with Gasteiger partial charge in [-0.1, -0.05) is 48.4 Å². The van der Waals surface area contributed by atoms with Gasteiger partial charge in [-0.2, -0.15) is 0 Å². The average molecular weight is 806 g/mol. The lowest BCUT2D eigenvalue weighted by Gasteiger charge is -2.36. The van der Waals surface area contributed by atoms with Gasteiger partial charge in [0.2, 0.25) is 17.7 Å². The molecule has 2 aromatic carbocycles. The highest BCUT2D eigenvalue weighted by Gasteiger charge is 2.40. The number of carbonyl (C=O) groups is 5. The van der Waals surface area contributed by atoms with Crippen molar-refractivity contribution in [3.63, 3.8) is 0 Å². The topological polar surface area (TPSA) is 156 Å². The summed E-state index contributed by atoms with van der Waals surface area (Å²) in [7, 11) is 3.02. The zero-order valence-corrected chi connectivity index (χ0v) is 35.8. The number of nitrogens with zero attached hydrogens (tertiary/aromatic N) is 3. The van der Waals surface area contributed by atoms with Crippen LogP contribution in [0.25, 0.3) is 0 Å². The third-order valence-electron chi connectivity index (χ3n) is 9.61. The van der Waals surface area contributed by atoms with Crippen molar-refractivity contribution in [3.05, 3.63) is 65.7 Å². The lowest BCUT2D eigenvalue weighted by molar-refractivity contribution is -0.143. The Kier molecular flexibility index (Phi) is 17.4. The molecule has 2 N–H and O–H groups in total. The van der Waals surface area contributed by atoms with Gasteiger partial charge in [-0.25, -0.2) is 9.59 Å². The molecule has 0 unspecified atom stereocenters. The van der Waals surface area contributed by atoms with E-state index in [-0.39, 0.29) is 25.5 Å². The van der Waals surface area contributed by atoms with Gasteiger partial charge in [0.05, 0.1) is 13.2 Å². The normalized spacial score (nSPS) is 16.2. The molecule has 2 aromatic rings. The highest BCUT2D eigenvalue weighted by Crippen LogP contribution is 2.23. The van der Waals surface area contributed by atoms with Crippen molar-refractivity contribution in [1.82, 2.24) is 25.3 Å². The van der Waals surface area contributed by atoms with Crippen LogP contribution in [0, 0.1) is 12.3 Å². The molecular weight excluding hydrogens is 743 g/mol. The Bertz CT molecular complexity index is 1720. The molecule has 0 saturated carbocycles. The van der Waals surface area contributed by atoms with Crippen LogP contribution >= 0.6 is 0 Å². The standard InChI is InChI=1S/C44H63N5O9/c1-12-27-56-31(3)37(46-38(50)30(2)47(10)42(54)58-44(7,8)9)40(52)49-25-16-19-34(49)29-48(26-24-32-17-14-13-15-18-32)39(51)36(45-41(53)57-43(4,5)6)28-33-20-22-35(55-11)23-21-33/h1,13-15,17-18,20-23,30-31,34,36-37H,16,19,24-29H2,2-11H3,(H,45,53)(H,46,50)/t30-,31+,34-,36-,37-/m0/s1. The molecule has 318 valence electrons. The summed E-state index contributed by atoms with van der Waals surface area (Å²) in [6, 6.07) is 13.4. The number of hydrogen-bond donors (Lipinski definition) is 2. The molecule has 1 fully saturated rings. The third kappa shape index (κ3) is 14.9. The minimum absolute atomic E-state index is 0.0976. The number of methoxy groups -OCH3 is 1. The molecule has 0 aromatic heterocycles. The number of terminal acetylenes is 1. The van der Waals surface area contributed by atoms with Gasteiger partial charge in [0.1, 0.15) is 41.7 Å². The Morgan fingerprint density at radius 2 is 1.55 bits per heavy atom. The minimum Gasteiger partial charge on any atom is -0.497 e. The maximum atomic E-state index is 14.7. The van der Waals surface area contributed by atoms with E-state index in [1.165, 1.54) is 14.0 Å². The van der Waals surface area contributed by atoms with Gasteiger partial charge in [-0.15, -0.1) is 6.42 Å². The fourth-order valence-corrected chi connectivity index (χ4v) is 6.41. The fraction of sp³-hybridized carbons (Fsp3) is 0.568. The lowest BCUT2D eigenvalue weighted by atomic mass is 10.0. The predicted molar refractivity (Wildman–Crippen MR) is 221 cm³/mol. The lowest BCUT2D eigenvalue weighted by Crippen LogP contribution is -2.60. The fourth-order valence-electron chi connectivity index (χ4n) is 6.41. The smallest absolute Gasteiger partial charge is 0.410 e. The molecular formula is C44H63N5O9. The summed E-state index contributed by atoms with van der Waals surface area (Å²) in [6.07, 6.45) is 5.15. The molecule has 58 heavy (non-hydrogen) atoms. The molecule has 14 nitrogen and oxygen atoms in total. The van der Waals surface area contributed by atoms with Gasteiger partial charge in [0, 0.05) is 39.1 Å². The van der Waals surface area contributed by atoms with Gasteiger partial charge in [0.15, 0.2) is 0 Å². The molecule has 14 heteroatoms. The zero-order valence-electron chi connectivity index (χ0n) is 35.8. The summed E-state index contributed by atoms with van der Waals surface area (Å²) in [6.45, 7) is 14.3. The molecule has 1 aliphatic rings. The second kappa shape index (κ2) is 21.5. The Morgan fingerprint density at radius 1 is 0.914 bits per heavy atom. The van der Waals surface area contributed by atoms with Crippen molar-refractivity contribution in [2.45, 2.75) is 123 Å². The average Bonchev–Trinajstić information content (AvgIpc) is 3.63. The Morgan fingerprint density at radius 3 is 2.14 bits per heavy atom. The van der Waals surface area contributed by atoms with E-state index in [1.54, 1.807) is 77.5 Å². The summed E-state index contributed by atoms with van der Waals surface area (Å²) < 4.78 is 22.1. The number of benzene rings is 2. The molecule has 5 atom stereocenters. The van der Waals surface area contributed by atoms with Crippen LogP contribution in [0.15, 0.2) is 54.6 Å². The number of nitrogens with one attached hydrogen (secondary N) is 2. The van der Waals surface area contributed by atoms with Crippen LogP contribution in [0.3, 0.4) is 0 Å². The van der Waals surface area contributed by atoms with Crippen LogP contribution in [0.2, 0.25) is 0 Å². The van der Waals surface area contributed by atoms with Crippen molar-refractivity contribution in [1.29, 1.82) is 0 Å². The van der Waals surface area contributed by atoms with Crippen molar-refractivity contribution >= 4 is 29.9 Å². The first-order chi connectivity index (χ1) is 27.2. The van der Waals surface area contributed by atoms with Gasteiger partial charge in [-0.3, -0.25) is 19.3 Å². The summed E-state index contributed by atoms with van der Waals surface area (Å²) >= 11 is 0. The van der Waals surface area contributed by atoms with E-state index in [4.69, 9.17) is 25.4 Å². The molecule has 0 aliphatic carbocycles. The SMILES string of the molecule is C#CCO[C@H](C)[C@H](NC(=O)[C@H](C)N(C)C(=O)OC(C)(C)C)C(=O)N1CCC[C@H]1CN(CCc1ccccc1)C(=O)[C@H](Cc1ccc(OC)cc1)NC(=O)OC(C)(C)C. The van der Waals surface area contributed by atoms with E-state index < -0.39 is 65.5 Å². The second-order valence-corrected chi connectivity index (χ2v) is 16.6. The maximum absolute atomic E-state index is 14.7. The maximum Gasteiger partial charge on any atom is 0.410 e. The predicted octanol–water partition coefficient (Wildman–Crippen LogP) is 4.97. The summed E-state index contributed by atoms with van der Waals surface area (Å²) in [4.78, 5) is 73.4. The number of carbonyl (C=O) groups excluding carboxylic acids is 5. The van der Waals surface area contributed by atoms with Crippen LogP contribution in [0.4, 0.5) is 9.59 Å². The Hall–Kier alpha value is -5.29. The van der Waals surface area contributed by atoms with Gasteiger partial charge >= 0.3 is 12.2 Å². The number of likely N-dealkylation sites (N-methyl/N-ethyl adjacent to an activating group) is 1. The van der Waals surface area contributed by atoms with Crippen molar-refractivity contribution < 1.29 is 42.9 Å². The second-order valence-electron chi connectivity index (χ2n) is 16.6. The van der Waals surface area contributed by atoms with Gasteiger partial charge < -0.3 is 39.4 Å². The molecule has 0 radical (unpaired) electrons. The van der Waals surface area contributed by atoms with Crippen LogP contribution in [-0.2, 0) is 41.4 Å². The third-order valence-corrected chi connectivity index (χ3v) is 9.61. The van der Waals surface area contributed by atoms with Crippen molar-refractivity contribution in [2.24, 2.45) is 0 Å². The summed E-state index contributed by atoms with van der Waals surface area (Å²) in [5.74, 6) is 1.72. The summed E-state index contributed by atoms with van der Waals surface area (Å²) in [5.41, 5.74) is 0.229. The van der Waals surface area contributed by atoms with Crippen molar-refractivity contribution in [2.75, 3.05) is 40.4 Å². The van der Waals surface area contributed by atoms with Crippen LogP contribution in [-0.4, -0.2) is 126 Å². The van der Waals surface area contributed by atoms with E-state index in [9.17, 15) is 24.0 Å². The van der Waals surface area contributed by atoms with E-state index in [0.717, 1.165) is 16.0 Å². The number of amides is 5. The molecule has 1 saturated heterocycles. The number of hydrogen-bond acceptors (Lipinski definition) is 9. The van der Waals surface area contributed by atoms with Gasteiger partial charge in [0.25, 0.3) is 0 Å². The van der Waals surface area contributed by atoms with Crippen LogP contribution < -0.4 is 15.4 Å². The number of likely N-dealkylation sites (tertiary alicyclic amines) is 1. The van der Waals surface area contributed by atoms with E-state index in [2.05, 4.69) is 16.6 Å². The largest absolute Gasteiger partial charge is 0.497 e. The first-order valence-corrected chi connectivity index (χ1v) is 19.8. The zero-order chi connectivity index (χ0) is 43.2. The summed E-state index contributed by atoms with van der Waals surface area (Å²) in [5, 5.41) is 5.63. The van der Waals surface area contributed by atoms with E-state index in [1.807, 2.05) is 42.5 Å². The number of rotatable bonds is 17. The number of alkyl carbamates (subject to hydrolysis) is 1.